The van der Waals surface area contributed by atoms with Crippen LogP contribution in [0.1, 0.15) is 31.0 Å². The summed E-state index contributed by atoms with van der Waals surface area (Å²) in [5, 5.41) is 0. The van der Waals surface area contributed by atoms with Gasteiger partial charge >= 0.3 is 0 Å². The summed E-state index contributed by atoms with van der Waals surface area (Å²) in [6.07, 6.45) is 6.24. The number of benzene rings is 1. The number of nitrogens with two attached hydrogens (primary N) is 1. The minimum absolute atomic E-state index is 0.388. The Labute approximate surface area is 112 Å². The van der Waals surface area contributed by atoms with Crippen molar-refractivity contribution < 1.29 is 4.79 Å². The number of rotatable bonds is 5. The van der Waals surface area contributed by atoms with Gasteiger partial charge in [-0.15, -0.1) is 0 Å². The summed E-state index contributed by atoms with van der Waals surface area (Å²) in [5.74, 6) is -0.388. The minimum Gasteiger partial charge on any atom is -0.369 e. The van der Waals surface area contributed by atoms with Crippen molar-refractivity contribution in [2.75, 3.05) is 0 Å². The fraction of sp³-hybridized carbons (Fsp3) is 0.267. The SMILES string of the molecule is CCCC(C(N)=O)(c1ccccc1)c1cnccn1. The number of amides is 1. The lowest BCUT2D eigenvalue weighted by molar-refractivity contribution is -0.122. The average molecular weight is 255 g/mol. The van der Waals surface area contributed by atoms with Gasteiger partial charge in [0.05, 0.1) is 5.69 Å². The number of carbonyl (C=O) groups is 1. The van der Waals surface area contributed by atoms with Crippen molar-refractivity contribution in [3.05, 3.63) is 60.2 Å². The van der Waals surface area contributed by atoms with Crippen LogP contribution in [0, 0.1) is 0 Å². The lowest BCUT2D eigenvalue weighted by Crippen LogP contribution is -2.43. The van der Waals surface area contributed by atoms with Crippen LogP contribution in [0.5, 0.6) is 0 Å². The van der Waals surface area contributed by atoms with Crippen LogP contribution < -0.4 is 5.73 Å². The van der Waals surface area contributed by atoms with Gasteiger partial charge in [-0.25, -0.2) is 0 Å². The number of primary amides is 1. The number of aromatic nitrogens is 2. The van der Waals surface area contributed by atoms with Gasteiger partial charge in [-0.05, 0) is 12.0 Å². The number of carbonyl (C=O) groups excluding carboxylic acids is 1. The van der Waals surface area contributed by atoms with Gasteiger partial charge in [-0.2, -0.15) is 0 Å². The molecule has 1 unspecified atom stereocenters. The highest BCUT2D eigenvalue weighted by molar-refractivity contribution is 5.90. The second-order valence-corrected chi connectivity index (χ2v) is 4.48. The van der Waals surface area contributed by atoms with Gasteiger partial charge < -0.3 is 5.73 Å². The Morgan fingerprint density at radius 2 is 2.00 bits per heavy atom. The molecule has 0 aliphatic heterocycles. The zero-order valence-corrected chi connectivity index (χ0v) is 10.9. The summed E-state index contributed by atoms with van der Waals surface area (Å²) in [6.45, 7) is 2.02. The first-order valence-electron chi connectivity index (χ1n) is 6.33. The third-order valence-corrected chi connectivity index (χ3v) is 3.31. The molecule has 0 bridgehead atoms. The first kappa shape index (κ1) is 13.2. The fourth-order valence-electron chi connectivity index (χ4n) is 2.43. The van der Waals surface area contributed by atoms with Crippen LogP contribution in [0.25, 0.3) is 0 Å². The molecular weight excluding hydrogens is 238 g/mol. The topological polar surface area (TPSA) is 68.9 Å². The molecular formula is C15H17N3O. The van der Waals surface area contributed by atoms with E-state index in [1.54, 1.807) is 18.6 Å². The quantitative estimate of drug-likeness (QED) is 0.889. The summed E-state index contributed by atoms with van der Waals surface area (Å²) in [6, 6.07) is 9.54. The Morgan fingerprint density at radius 3 is 2.53 bits per heavy atom. The molecule has 0 saturated heterocycles. The molecule has 2 N–H and O–H groups in total. The van der Waals surface area contributed by atoms with Gasteiger partial charge in [0, 0.05) is 18.6 Å². The number of hydrogen-bond acceptors (Lipinski definition) is 3. The fourth-order valence-corrected chi connectivity index (χ4v) is 2.43. The van der Waals surface area contributed by atoms with Crippen LogP contribution in [0.15, 0.2) is 48.9 Å². The van der Waals surface area contributed by atoms with Crippen LogP contribution in [0.3, 0.4) is 0 Å². The normalized spacial score (nSPS) is 13.7. The van der Waals surface area contributed by atoms with E-state index in [-0.39, 0.29) is 5.91 Å². The monoisotopic (exact) mass is 255 g/mol. The molecule has 1 aromatic heterocycles. The highest BCUT2D eigenvalue weighted by Crippen LogP contribution is 2.35. The predicted octanol–water partition coefficient (Wildman–Crippen LogP) is 2.05. The molecule has 19 heavy (non-hydrogen) atoms. The van der Waals surface area contributed by atoms with Gasteiger partial charge in [-0.1, -0.05) is 43.7 Å². The molecule has 2 aromatic rings. The van der Waals surface area contributed by atoms with E-state index in [1.165, 1.54) is 0 Å². The van der Waals surface area contributed by atoms with Gasteiger partial charge in [0.1, 0.15) is 5.41 Å². The Bertz CT molecular complexity index is 500. The molecule has 4 nitrogen and oxygen atoms in total. The van der Waals surface area contributed by atoms with Crippen molar-refractivity contribution in [2.24, 2.45) is 5.73 Å². The van der Waals surface area contributed by atoms with E-state index in [1.807, 2.05) is 37.3 Å². The van der Waals surface area contributed by atoms with Crippen LogP contribution >= 0.6 is 0 Å². The molecule has 0 radical (unpaired) electrons. The van der Waals surface area contributed by atoms with Crippen LogP contribution in [-0.4, -0.2) is 15.9 Å². The van der Waals surface area contributed by atoms with Gasteiger partial charge in [-0.3, -0.25) is 14.8 Å². The van der Waals surface area contributed by atoms with E-state index in [2.05, 4.69) is 9.97 Å². The van der Waals surface area contributed by atoms with Crippen molar-refractivity contribution in [1.82, 2.24) is 9.97 Å². The maximum absolute atomic E-state index is 12.2. The molecule has 1 heterocycles. The average Bonchev–Trinajstić information content (AvgIpc) is 2.46. The molecule has 0 aliphatic carbocycles. The summed E-state index contributed by atoms with van der Waals surface area (Å²) < 4.78 is 0. The maximum atomic E-state index is 12.2. The highest BCUT2D eigenvalue weighted by atomic mass is 16.1. The molecule has 0 saturated carbocycles. The standard InChI is InChI=1S/C15H17N3O/c1-2-8-15(14(16)19,12-6-4-3-5-7-12)13-11-17-9-10-18-13/h3-7,9-11H,2,8H2,1H3,(H2,16,19). The third kappa shape index (κ3) is 2.34. The van der Waals surface area contributed by atoms with E-state index in [0.29, 0.717) is 12.1 Å². The van der Waals surface area contributed by atoms with Gasteiger partial charge in [0.2, 0.25) is 5.91 Å². The van der Waals surface area contributed by atoms with Crippen molar-refractivity contribution in [3.8, 4) is 0 Å². The van der Waals surface area contributed by atoms with Gasteiger partial charge in [0.15, 0.2) is 0 Å². The van der Waals surface area contributed by atoms with E-state index >= 15 is 0 Å². The molecule has 4 heteroatoms. The Balaban J connectivity index is 2.65. The minimum atomic E-state index is -0.899. The highest BCUT2D eigenvalue weighted by Gasteiger charge is 2.41. The van der Waals surface area contributed by atoms with E-state index in [4.69, 9.17) is 5.73 Å². The molecule has 1 aromatic carbocycles. The third-order valence-electron chi connectivity index (χ3n) is 3.31. The largest absolute Gasteiger partial charge is 0.369 e. The molecule has 98 valence electrons. The zero-order chi connectivity index (χ0) is 13.7. The Morgan fingerprint density at radius 1 is 1.26 bits per heavy atom. The number of nitrogens with zero attached hydrogens (tertiary/aromatic N) is 2. The smallest absolute Gasteiger partial charge is 0.234 e. The van der Waals surface area contributed by atoms with E-state index in [9.17, 15) is 4.79 Å². The second-order valence-electron chi connectivity index (χ2n) is 4.48. The van der Waals surface area contributed by atoms with Crippen LogP contribution in [-0.2, 0) is 10.2 Å². The van der Waals surface area contributed by atoms with Crippen molar-refractivity contribution in [2.45, 2.75) is 25.2 Å². The Kier molecular flexibility index (Phi) is 3.90. The summed E-state index contributed by atoms with van der Waals surface area (Å²) in [4.78, 5) is 20.5. The van der Waals surface area contributed by atoms with Crippen LogP contribution in [0.2, 0.25) is 0 Å². The van der Waals surface area contributed by atoms with E-state index < -0.39 is 5.41 Å². The molecule has 2 rings (SSSR count). The van der Waals surface area contributed by atoms with Crippen molar-refractivity contribution in [3.63, 3.8) is 0 Å². The summed E-state index contributed by atoms with van der Waals surface area (Å²) in [7, 11) is 0. The Hall–Kier alpha value is -2.23. The maximum Gasteiger partial charge on any atom is 0.234 e. The lowest BCUT2D eigenvalue weighted by atomic mass is 9.73. The predicted molar refractivity (Wildman–Crippen MR) is 73.4 cm³/mol. The van der Waals surface area contributed by atoms with Crippen molar-refractivity contribution in [1.29, 1.82) is 0 Å². The summed E-state index contributed by atoms with van der Waals surface area (Å²) >= 11 is 0. The number of hydrogen-bond donors (Lipinski definition) is 1. The molecule has 1 atom stereocenters. The molecule has 1 amide bonds. The first-order valence-corrected chi connectivity index (χ1v) is 6.33. The van der Waals surface area contributed by atoms with E-state index in [0.717, 1.165) is 12.0 Å². The zero-order valence-electron chi connectivity index (χ0n) is 10.9. The van der Waals surface area contributed by atoms with Crippen molar-refractivity contribution >= 4 is 5.91 Å². The lowest BCUT2D eigenvalue weighted by Gasteiger charge is -2.30. The van der Waals surface area contributed by atoms with Crippen LogP contribution in [0.4, 0.5) is 0 Å². The van der Waals surface area contributed by atoms with Gasteiger partial charge in [0.25, 0.3) is 0 Å². The summed E-state index contributed by atoms with van der Waals surface area (Å²) in [5.41, 5.74) is 6.29. The first-order chi connectivity index (χ1) is 9.21. The molecule has 0 aliphatic rings. The molecule has 0 fully saturated rings. The second kappa shape index (κ2) is 5.61. The molecule has 0 spiro atoms.